The van der Waals surface area contributed by atoms with Gasteiger partial charge in [-0.3, -0.25) is 0 Å². The Morgan fingerprint density at radius 1 is 0.628 bits per heavy atom. The van der Waals surface area contributed by atoms with Gasteiger partial charge in [0.05, 0.1) is 32.5 Å². The second-order valence-electron chi connectivity index (χ2n) is 10.3. The van der Waals surface area contributed by atoms with Crippen molar-refractivity contribution in [2.45, 2.75) is 50.7 Å². The Balaban J connectivity index is 1.42. The molecule has 4 atom stereocenters. The van der Waals surface area contributed by atoms with E-state index in [0.29, 0.717) is 26.4 Å². The van der Waals surface area contributed by atoms with E-state index >= 15 is 0 Å². The Morgan fingerprint density at radius 3 is 1.63 bits per heavy atom. The van der Waals surface area contributed by atoms with Crippen LogP contribution in [-0.4, -0.2) is 35.0 Å². The Labute approximate surface area is 257 Å². The molecular formula is C36H38N2O4S. The van der Waals surface area contributed by atoms with Gasteiger partial charge in [-0.15, -0.1) is 11.3 Å². The molecule has 2 N–H and O–H groups in total. The fourth-order valence-corrected chi connectivity index (χ4v) is 5.61. The number of aliphatic hydroxyl groups excluding tert-OH is 1. The summed E-state index contributed by atoms with van der Waals surface area (Å²) in [6, 6.07) is 39.8. The third-order valence-electron chi connectivity index (χ3n) is 7.09. The lowest BCUT2D eigenvalue weighted by molar-refractivity contribution is -0.157. The van der Waals surface area contributed by atoms with Crippen LogP contribution in [0.3, 0.4) is 0 Å². The second-order valence-corrected chi connectivity index (χ2v) is 11.2. The third-order valence-corrected chi connectivity index (χ3v) is 7.95. The van der Waals surface area contributed by atoms with Gasteiger partial charge in [-0.25, -0.2) is 4.98 Å². The summed E-state index contributed by atoms with van der Waals surface area (Å²) in [5.41, 5.74) is 4.22. The third kappa shape index (κ3) is 9.66. The van der Waals surface area contributed by atoms with Crippen LogP contribution in [0.4, 0.5) is 0 Å². The van der Waals surface area contributed by atoms with Gasteiger partial charge in [0.25, 0.3) is 0 Å². The zero-order valence-corrected chi connectivity index (χ0v) is 24.9. The fraction of sp³-hybridized carbons (Fsp3) is 0.250. The lowest BCUT2D eigenvalue weighted by Crippen LogP contribution is -2.49. The van der Waals surface area contributed by atoms with Gasteiger partial charge in [0, 0.05) is 18.1 Å². The number of aliphatic hydroxyl groups is 1. The number of benzene rings is 4. The predicted molar refractivity (Wildman–Crippen MR) is 170 cm³/mol. The van der Waals surface area contributed by atoms with Crippen LogP contribution in [0.2, 0.25) is 0 Å². The monoisotopic (exact) mass is 594 g/mol. The number of nitrogens with zero attached hydrogens (tertiary/aromatic N) is 1. The van der Waals surface area contributed by atoms with Gasteiger partial charge < -0.3 is 24.6 Å². The topological polar surface area (TPSA) is 72.8 Å². The normalized spacial score (nSPS) is 14.2. The number of thiazole rings is 1. The van der Waals surface area contributed by atoms with E-state index < -0.39 is 18.3 Å². The summed E-state index contributed by atoms with van der Waals surface area (Å²) in [6.45, 7) is 1.74. The summed E-state index contributed by atoms with van der Waals surface area (Å²) >= 11 is 1.55. The van der Waals surface area contributed by atoms with Crippen LogP contribution in [0.5, 0.6) is 0 Å². The summed E-state index contributed by atoms with van der Waals surface area (Å²) in [4.78, 5) is 4.67. The quantitative estimate of drug-likeness (QED) is 0.125. The number of hydrogen-bond acceptors (Lipinski definition) is 7. The van der Waals surface area contributed by atoms with Crippen molar-refractivity contribution in [3.63, 3.8) is 0 Å². The van der Waals surface area contributed by atoms with E-state index in [2.05, 4.69) is 22.4 Å². The van der Waals surface area contributed by atoms with E-state index in [1.54, 1.807) is 17.5 Å². The molecule has 4 aromatic carbocycles. The number of aromatic nitrogens is 1. The number of ether oxygens (including phenoxy) is 3. The molecule has 6 nitrogen and oxygen atoms in total. The van der Waals surface area contributed by atoms with Crippen molar-refractivity contribution < 1.29 is 19.3 Å². The van der Waals surface area contributed by atoms with Gasteiger partial charge in [-0.2, -0.15) is 0 Å². The highest BCUT2D eigenvalue weighted by Gasteiger charge is 2.38. The average molecular weight is 595 g/mol. The predicted octanol–water partition coefficient (Wildman–Crippen LogP) is 6.72. The lowest BCUT2D eigenvalue weighted by Gasteiger charge is -2.36. The van der Waals surface area contributed by atoms with Crippen LogP contribution < -0.4 is 5.32 Å². The molecule has 0 aliphatic heterocycles. The van der Waals surface area contributed by atoms with Crippen molar-refractivity contribution >= 4 is 11.3 Å². The maximum atomic E-state index is 11.7. The average Bonchev–Trinajstić information content (AvgIpc) is 3.60. The van der Waals surface area contributed by atoms with Gasteiger partial charge in [0.15, 0.2) is 0 Å². The van der Waals surface area contributed by atoms with Gasteiger partial charge >= 0.3 is 0 Å². The molecule has 7 heteroatoms. The van der Waals surface area contributed by atoms with E-state index in [9.17, 15) is 5.11 Å². The number of hydrogen-bond donors (Lipinski definition) is 2. The first-order chi connectivity index (χ1) is 21.3. The van der Waals surface area contributed by atoms with Crippen molar-refractivity contribution in [2.75, 3.05) is 6.61 Å². The molecule has 1 heterocycles. The molecule has 0 saturated heterocycles. The molecule has 0 aliphatic carbocycles. The fourth-order valence-electron chi connectivity index (χ4n) is 4.86. The molecule has 0 unspecified atom stereocenters. The largest absolute Gasteiger partial charge is 0.388 e. The van der Waals surface area contributed by atoms with Crippen LogP contribution in [0.1, 0.15) is 33.3 Å². The first kappa shape index (κ1) is 30.8. The Kier molecular flexibility index (Phi) is 12.0. The Hall–Kier alpha value is -3.69. The molecule has 0 saturated carbocycles. The first-order valence-electron chi connectivity index (χ1n) is 14.5. The SMILES string of the molecule is O[C@H](COCc1ccccc1)[C@@H](OCc1ccccc1)[C@@H](OCc1ccccc1)[C@@H](NCc1ccccc1)c1nccs1. The molecule has 43 heavy (non-hydrogen) atoms. The number of rotatable bonds is 17. The highest BCUT2D eigenvalue weighted by Crippen LogP contribution is 2.29. The molecular weight excluding hydrogens is 556 g/mol. The minimum atomic E-state index is -0.964. The van der Waals surface area contributed by atoms with Crippen molar-refractivity contribution in [1.82, 2.24) is 10.3 Å². The van der Waals surface area contributed by atoms with E-state index in [4.69, 9.17) is 14.2 Å². The standard InChI is InChI=1S/C36H38N2O4S/c39-32(27-40-24-29-15-7-2-8-16-29)34(41-25-30-17-9-3-10-18-30)35(42-26-31-19-11-4-12-20-31)33(36-37-21-22-43-36)38-23-28-13-5-1-6-14-28/h1-22,32-35,38-39H,23-27H2/t32-,33-,34-,35+/m1/s1. The lowest BCUT2D eigenvalue weighted by atomic mass is 9.99. The molecule has 1 aromatic heterocycles. The van der Waals surface area contributed by atoms with E-state index in [0.717, 1.165) is 27.3 Å². The van der Waals surface area contributed by atoms with Crippen LogP contribution >= 0.6 is 11.3 Å². The first-order valence-corrected chi connectivity index (χ1v) is 15.4. The minimum absolute atomic E-state index is 0.0861. The molecule has 0 amide bonds. The summed E-state index contributed by atoms with van der Waals surface area (Å²) < 4.78 is 19.3. The van der Waals surface area contributed by atoms with Crippen LogP contribution in [0.15, 0.2) is 133 Å². The summed E-state index contributed by atoms with van der Waals surface area (Å²) in [7, 11) is 0. The van der Waals surface area contributed by atoms with Gasteiger partial charge in [-0.05, 0) is 22.3 Å². The van der Waals surface area contributed by atoms with E-state index in [1.165, 1.54) is 0 Å². The van der Waals surface area contributed by atoms with Crippen LogP contribution in [-0.2, 0) is 40.6 Å². The molecule has 0 radical (unpaired) electrons. The molecule has 0 bridgehead atoms. The zero-order chi connectivity index (χ0) is 29.5. The molecule has 5 aromatic rings. The van der Waals surface area contributed by atoms with Crippen molar-refractivity contribution in [1.29, 1.82) is 0 Å². The van der Waals surface area contributed by atoms with Crippen molar-refractivity contribution in [3.05, 3.63) is 160 Å². The molecule has 5 rings (SSSR count). The Bertz CT molecular complexity index is 1420. The molecule has 0 fully saturated rings. The van der Waals surface area contributed by atoms with Crippen molar-refractivity contribution in [3.8, 4) is 0 Å². The molecule has 0 aliphatic rings. The summed E-state index contributed by atoms with van der Waals surface area (Å²) in [6.07, 6.45) is -0.481. The van der Waals surface area contributed by atoms with Crippen LogP contribution in [0.25, 0.3) is 0 Å². The molecule has 0 spiro atoms. The Morgan fingerprint density at radius 2 is 1.12 bits per heavy atom. The maximum absolute atomic E-state index is 11.7. The smallest absolute Gasteiger partial charge is 0.114 e. The zero-order valence-electron chi connectivity index (χ0n) is 24.1. The van der Waals surface area contributed by atoms with Gasteiger partial charge in [0.2, 0.25) is 0 Å². The van der Waals surface area contributed by atoms with Gasteiger partial charge in [0.1, 0.15) is 23.3 Å². The second kappa shape index (κ2) is 16.8. The summed E-state index contributed by atoms with van der Waals surface area (Å²) in [5.74, 6) is 0. The number of nitrogens with one attached hydrogen (secondary N) is 1. The highest BCUT2D eigenvalue weighted by molar-refractivity contribution is 7.09. The minimum Gasteiger partial charge on any atom is -0.388 e. The van der Waals surface area contributed by atoms with E-state index in [-0.39, 0.29) is 12.6 Å². The van der Waals surface area contributed by atoms with Gasteiger partial charge in [-0.1, -0.05) is 121 Å². The van der Waals surface area contributed by atoms with E-state index in [1.807, 2.05) is 115 Å². The van der Waals surface area contributed by atoms with Crippen LogP contribution in [0, 0.1) is 0 Å². The summed E-state index contributed by atoms with van der Waals surface area (Å²) in [5, 5.41) is 18.2. The maximum Gasteiger partial charge on any atom is 0.114 e. The highest BCUT2D eigenvalue weighted by atomic mass is 32.1. The van der Waals surface area contributed by atoms with Crippen molar-refractivity contribution in [2.24, 2.45) is 0 Å². The molecule has 222 valence electrons.